The van der Waals surface area contributed by atoms with Gasteiger partial charge in [-0.25, -0.2) is 9.97 Å². The Balaban J connectivity index is 1.28. The molecule has 0 saturated carbocycles. The Morgan fingerprint density at radius 1 is 1.20 bits per heavy atom. The van der Waals surface area contributed by atoms with E-state index < -0.39 is 0 Å². The molecule has 1 amide bonds. The van der Waals surface area contributed by atoms with Crippen LogP contribution in [0.4, 0.5) is 5.13 Å². The second-order valence-electron chi connectivity index (χ2n) is 7.78. The third kappa shape index (κ3) is 4.01. The van der Waals surface area contributed by atoms with Gasteiger partial charge in [0, 0.05) is 32.2 Å². The number of piperidine rings is 1. The van der Waals surface area contributed by atoms with E-state index in [1.54, 1.807) is 18.4 Å². The minimum atomic E-state index is -0.154. The van der Waals surface area contributed by atoms with Crippen LogP contribution in [-0.2, 0) is 0 Å². The van der Waals surface area contributed by atoms with Crippen molar-refractivity contribution in [2.24, 2.45) is 0 Å². The van der Waals surface area contributed by atoms with Crippen LogP contribution in [0.25, 0.3) is 10.2 Å². The summed E-state index contributed by atoms with van der Waals surface area (Å²) in [4.78, 5) is 26.4. The number of carbonyl (C=O) groups is 1. The molecule has 0 spiro atoms. The van der Waals surface area contributed by atoms with E-state index in [9.17, 15) is 4.79 Å². The Labute approximate surface area is 183 Å². The number of rotatable bonds is 5. The zero-order chi connectivity index (χ0) is 20.5. The van der Waals surface area contributed by atoms with E-state index in [1.165, 1.54) is 56.3 Å². The van der Waals surface area contributed by atoms with Crippen LogP contribution in [0.15, 0.2) is 24.4 Å². The number of aromatic nitrogens is 2. The minimum Gasteiger partial charge on any atom is -0.431 e. The summed E-state index contributed by atoms with van der Waals surface area (Å²) < 4.78 is 6.98. The van der Waals surface area contributed by atoms with Crippen molar-refractivity contribution in [3.63, 3.8) is 0 Å². The molecule has 3 aromatic rings. The van der Waals surface area contributed by atoms with Gasteiger partial charge >= 0.3 is 0 Å². The van der Waals surface area contributed by atoms with Crippen LogP contribution in [0, 0.1) is 0 Å². The molecule has 2 aliphatic rings. The Hall–Kier alpha value is -2.23. The average molecular weight is 444 g/mol. The summed E-state index contributed by atoms with van der Waals surface area (Å²) in [6, 6.07) is 6.58. The maximum atomic E-state index is 11.7. The van der Waals surface area contributed by atoms with Crippen LogP contribution in [0.1, 0.15) is 35.4 Å². The van der Waals surface area contributed by atoms with Gasteiger partial charge in [0.25, 0.3) is 11.1 Å². The van der Waals surface area contributed by atoms with Gasteiger partial charge < -0.3 is 15.0 Å². The summed E-state index contributed by atoms with van der Waals surface area (Å²) in [6.45, 7) is 4.64. The number of ether oxygens (including phenoxy) is 1. The second kappa shape index (κ2) is 8.49. The minimum absolute atomic E-state index is 0.154. The number of carbonyl (C=O) groups excluding carboxylic acids is 1. The lowest BCUT2D eigenvalue weighted by Crippen LogP contribution is -2.40. The smallest absolute Gasteiger partial charge is 0.279 e. The third-order valence-electron chi connectivity index (χ3n) is 5.83. The van der Waals surface area contributed by atoms with Crippen LogP contribution in [0.2, 0.25) is 0 Å². The number of anilines is 1. The molecule has 2 aromatic heterocycles. The highest BCUT2D eigenvalue weighted by Gasteiger charge is 2.30. The molecule has 5 rings (SSSR count). The summed E-state index contributed by atoms with van der Waals surface area (Å²) in [5.74, 6) is 0.557. The predicted octanol–water partition coefficient (Wildman–Crippen LogP) is 3.97. The highest BCUT2D eigenvalue weighted by molar-refractivity contribution is 7.22. The number of nitrogens with one attached hydrogen (secondary N) is 1. The molecule has 0 aliphatic carbocycles. The van der Waals surface area contributed by atoms with Gasteiger partial charge in [-0.1, -0.05) is 29.1 Å². The molecule has 1 atom stereocenters. The summed E-state index contributed by atoms with van der Waals surface area (Å²) in [7, 11) is 1.60. The van der Waals surface area contributed by atoms with Crippen molar-refractivity contribution >= 4 is 43.9 Å². The van der Waals surface area contributed by atoms with Gasteiger partial charge in [0.1, 0.15) is 10.6 Å². The maximum absolute atomic E-state index is 11.7. The largest absolute Gasteiger partial charge is 0.431 e. The van der Waals surface area contributed by atoms with Crippen molar-refractivity contribution in [1.29, 1.82) is 0 Å². The number of hydrogen-bond donors (Lipinski definition) is 1. The van der Waals surface area contributed by atoms with Crippen LogP contribution in [-0.4, -0.2) is 60.0 Å². The number of nitrogens with zero attached hydrogens (tertiary/aromatic N) is 4. The van der Waals surface area contributed by atoms with Crippen LogP contribution in [0.3, 0.4) is 0 Å². The maximum Gasteiger partial charge on any atom is 0.279 e. The highest BCUT2D eigenvalue weighted by atomic mass is 32.1. The second-order valence-corrected chi connectivity index (χ2v) is 9.79. The first-order valence-corrected chi connectivity index (χ1v) is 12.1. The Morgan fingerprint density at radius 3 is 2.90 bits per heavy atom. The van der Waals surface area contributed by atoms with Crippen LogP contribution in [0.5, 0.6) is 10.9 Å². The van der Waals surface area contributed by atoms with E-state index in [0.29, 0.717) is 21.9 Å². The molecule has 0 radical (unpaired) electrons. The molecule has 30 heavy (non-hydrogen) atoms. The highest BCUT2D eigenvalue weighted by Crippen LogP contribution is 2.35. The normalized spacial score (nSPS) is 20.0. The van der Waals surface area contributed by atoms with Gasteiger partial charge in [0.2, 0.25) is 0 Å². The molecule has 0 unspecified atom stereocenters. The summed E-state index contributed by atoms with van der Waals surface area (Å²) in [6.07, 6.45) is 6.81. The lowest BCUT2D eigenvalue weighted by Gasteiger charge is -2.32. The summed E-state index contributed by atoms with van der Waals surface area (Å²) >= 11 is 2.95. The molecule has 2 aliphatic heterocycles. The van der Waals surface area contributed by atoms with E-state index >= 15 is 0 Å². The monoisotopic (exact) mass is 443 g/mol. The third-order valence-corrected chi connectivity index (χ3v) is 7.78. The molecular formula is C21H25N5O2S2. The topological polar surface area (TPSA) is 70.6 Å². The predicted molar refractivity (Wildman–Crippen MR) is 121 cm³/mol. The lowest BCUT2D eigenvalue weighted by molar-refractivity contribution is 0.0967. The molecule has 9 heteroatoms. The van der Waals surface area contributed by atoms with Gasteiger partial charge in [0.15, 0.2) is 5.13 Å². The standard InChI is InChI=1S/C21H25N5O2S2/c1-22-19(27)18-12-23-21(30-18)28-15-5-6-16-17(11-15)29-20(24-16)26-10-7-14(13-26)25-8-3-2-4-9-25/h5-6,11-12,14H,2-4,7-10,13H2,1H3,(H,22,27)/t14-/m1/s1. The Bertz CT molecular complexity index is 1040. The first kappa shape index (κ1) is 19.7. The number of benzene rings is 1. The average Bonchev–Trinajstić information content (AvgIpc) is 3.52. The fourth-order valence-corrected chi connectivity index (χ4v) is 5.98. The van der Waals surface area contributed by atoms with E-state index in [1.807, 2.05) is 18.2 Å². The molecular weight excluding hydrogens is 418 g/mol. The van der Waals surface area contributed by atoms with Gasteiger partial charge in [-0.2, -0.15) is 0 Å². The Morgan fingerprint density at radius 2 is 2.07 bits per heavy atom. The first-order valence-electron chi connectivity index (χ1n) is 10.4. The number of likely N-dealkylation sites (tertiary alicyclic amines) is 1. The molecule has 1 aromatic carbocycles. The molecule has 0 bridgehead atoms. The SMILES string of the molecule is CNC(=O)c1cnc(Oc2ccc3nc(N4CC[C@@H](N5CCCCC5)C4)sc3c2)s1. The van der Waals surface area contributed by atoms with Crippen molar-refractivity contribution in [2.45, 2.75) is 31.7 Å². The van der Waals surface area contributed by atoms with Gasteiger partial charge in [0.05, 0.1) is 16.4 Å². The molecule has 7 nitrogen and oxygen atoms in total. The van der Waals surface area contributed by atoms with E-state index in [0.717, 1.165) is 28.4 Å². The molecule has 2 saturated heterocycles. The first-order chi connectivity index (χ1) is 14.7. The van der Waals surface area contributed by atoms with Crippen molar-refractivity contribution in [3.05, 3.63) is 29.3 Å². The number of thiazole rings is 2. The lowest BCUT2D eigenvalue weighted by atomic mass is 10.1. The zero-order valence-corrected chi connectivity index (χ0v) is 18.6. The van der Waals surface area contributed by atoms with Crippen molar-refractivity contribution in [2.75, 3.05) is 38.1 Å². The summed E-state index contributed by atoms with van der Waals surface area (Å²) in [5, 5.41) is 4.15. The van der Waals surface area contributed by atoms with E-state index in [-0.39, 0.29) is 5.91 Å². The number of hydrogen-bond acceptors (Lipinski definition) is 8. The van der Waals surface area contributed by atoms with Crippen LogP contribution < -0.4 is 15.0 Å². The fourth-order valence-electron chi connectivity index (χ4n) is 4.22. The zero-order valence-electron chi connectivity index (χ0n) is 17.0. The molecule has 158 valence electrons. The van der Waals surface area contributed by atoms with E-state index in [2.05, 4.69) is 20.1 Å². The van der Waals surface area contributed by atoms with Crippen molar-refractivity contribution < 1.29 is 9.53 Å². The molecule has 2 fully saturated rings. The fraction of sp³-hybridized carbons (Fsp3) is 0.476. The Kier molecular flexibility index (Phi) is 5.58. The van der Waals surface area contributed by atoms with Crippen LogP contribution >= 0.6 is 22.7 Å². The van der Waals surface area contributed by atoms with Gasteiger partial charge in [-0.3, -0.25) is 9.69 Å². The molecule has 1 N–H and O–H groups in total. The van der Waals surface area contributed by atoms with Crippen molar-refractivity contribution in [1.82, 2.24) is 20.2 Å². The number of fused-ring (bicyclic) bond motifs is 1. The number of amides is 1. The van der Waals surface area contributed by atoms with Gasteiger partial charge in [-0.15, -0.1) is 0 Å². The van der Waals surface area contributed by atoms with E-state index in [4.69, 9.17) is 9.72 Å². The van der Waals surface area contributed by atoms with Crippen molar-refractivity contribution in [3.8, 4) is 10.9 Å². The quantitative estimate of drug-likeness (QED) is 0.643. The van der Waals surface area contributed by atoms with Gasteiger partial charge in [-0.05, 0) is 44.5 Å². The molecule has 4 heterocycles. The summed E-state index contributed by atoms with van der Waals surface area (Å²) in [5.41, 5.74) is 0.994.